The molecule has 0 aromatic rings. The SMILES string of the molecule is CC(C)(C)NC(=O)OS(=O)(=O)CC[Si](C)(C)C. The van der Waals surface area contributed by atoms with E-state index in [1.807, 2.05) is 0 Å². The highest BCUT2D eigenvalue weighted by Crippen LogP contribution is 2.11. The van der Waals surface area contributed by atoms with E-state index in [-0.39, 0.29) is 5.75 Å². The van der Waals surface area contributed by atoms with Gasteiger partial charge in [-0.15, -0.1) is 0 Å². The Bertz CT molecular complexity index is 365. The molecular weight excluding hydrogens is 258 g/mol. The second-order valence-corrected chi connectivity index (χ2v) is 13.6. The van der Waals surface area contributed by atoms with E-state index in [9.17, 15) is 13.2 Å². The van der Waals surface area contributed by atoms with Gasteiger partial charge in [-0.1, -0.05) is 19.6 Å². The number of nitrogens with one attached hydrogen (secondary N) is 1. The number of hydrogen-bond acceptors (Lipinski definition) is 4. The first-order valence-corrected chi connectivity index (χ1v) is 10.8. The fourth-order valence-electron chi connectivity index (χ4n) is 0.915. The van der Waals surface area contributed by atoms with Crippen LogP contribution >= 0.6 is 0 Å². The van der Waals surface area contributed by atoms with Crippen molar-refractivity contribution < 1.29 is 17.4 Å². The summed E-state index contributed by atoms with van der Waals surface area (Å²) in [6.07, 6.45) is -0.909. The van der Waals surface area contributed by atoms with Gasteiger partial charge in [0.15, 0.2) is 0 Å². The molecule has 0 bridgehead atoms. The summed E-state index contributed by atoms with van der Waals surface area (Å²) in [7, 11) is -5.22. The van der Waals surface area contributed by atoms with Crippen molar-refractivity contribution in [3.8, 4) is 0 Å². The maximum absolute atomic E-state index is 11.5. The van der Waals surface area contributed by atoms with E-state index in [0.717, 1.165) is 0 Å². The highest BCUT2D eigenvalue weighted by Gasteiger charge is 2.24. The van der Waals surface area contributed by atoms with E-state index in [1.165, 1.54) is 0 Å². The van der Waals surface area contributed by atoms with Gasteiger partial charge in [0.2, 0.25) is 0 Å². The summed E-state index contributed by atoms with van der Waals surface area (Å²) in [6, 6.07) is 0.581. The van der Waals surface area contributed by atoms with Crippen molar-refractivity contribution in [3.63, 3.8) is 0 Å². The van der Waals surface area contributed by atoms with E-state index in [1.54, 1.807) is 20.8 Å². The normalized spacial score (nSPS) is 13.3. The molecule has 0 rings (SSSR count). The quantitative estimate of drug-likeness (QED) is 0.633. The summed E-state index contributed by atoms with van der Waals surface area (Å²) in [5.41, 5.74) is -0.509. The molecule has 7 heteroatoms. The lowest BCUT2D eigenvalue weighted by Crippen LogP contribution is -2.42. The molecule has 17 heavy (non-hydrogen) atoms. The molecule has 0 aliphatic heterocycles. The van der Waals surface area contributed by atoms with Crippen LogP contribution in [0.25, 0.3) is 0 Å². The minimum Gasteiger partial charge on any atom is -0.328 e. The highest BCUT2D eigenvalue weighted by atomic mass is 32.2. The van der Waals surface area contributed by atoms with Crippen molar-refractivity contribution in [1.82, 2.24) is 5.32 Å². The summed E-state index contributed by atoms with van der Waals surface area (Å²) in [5, 5.41) is 2.44. The first-order chi connectivity index (χ1) is 7.31. The molecule has 102 valence electrons. The van der Waals surface area contributed by atoms with Crippen LogP contribution in [0.5, 0.6) is 0 Å². The standard InChI is InChI=1S/C10H23NO4SSi/c1-10(2,3)11-9(12)15-16(13,14)7-8-17(4,5)6/h7-8H2,1-6H3,(H,11,12). The topological polar surface area (TPSA) is 72.5 Å². The van der Waals surface area contributed by atoms with Crippen LogP contribution < -0.4 is 5.32 Å². The van der Waals surface area contributed by atoms with Crippen LogP contribution in [0.1, 0.15) is 20.8 Å². The van der Waals surface area contributed by atoms with Crippen molar-refractivity contribution in [2.24, 2.45) is 0 Å². The molecule has 5 nitrogen and oxygen atoms in total. The van der Waals surface area contributed by atoms with Crippen LogP contribution in [-0.4, -0.2) is 33.9 Å². The molecule has 0 aromatic carbocycles. The third-order valence-electron chi connectivity index (χ3n) is 1.78. The Hall–Kier alpha value is -0.563. The van der Waals surface area contributed by atoms with E-state index in [2.05, 4.69) is 29.1 Å². The van der Waals surface area contributed by atoms with Gasteiger partial charge in [-0.3, -0.25) is 0 Å². The fourth-order valence-corrected chi connectivity index (χ4v) is 4.72. The number of hydrogen-bond donors (Lipinski definition) is 1. The van der Waals surface area contributed by atoms with Gasteiger partial charge in [0.25, 0.3) is 0 Å². The molecule has 0 radical (unpaired) electrons. The van der Waals surface area contributed by atoms with Crippen LogP contribution in [0.4, 0.5) is 4.79 Å². The molecule has 0 fully saturated rings. The summed E-state index contributed by atoms with van der Waals surface area (Å²) in [4.78, 5) is 11.3. The monoisotopic (exact) mass is 281 g/mol. The van der Waals surface area contributed by atoms with Crippen molar-refractivity contribution in [2.75, 3.05) is 5.75 Å². The molecule has 0 aliphatic carbocycles. The van der Waals surface area contributed by atoms with Gasteiger partial charge < -0.3 is 9.50 Å². The molecule has 0 aliphatic rings. The zero-order chi connectivity index (χ0) is 13.9. The molecule has 0 saturated heterocycles. The Morgan fingerprint density at radius 1 is 1.24 bits per heavy atom. The molecule has 0 atom stereocenters. The largest absolute Gasteiger partial charge is 0.423 e. The molecule has 1 N–H and O–H groups in total. The van der Waals surface area contributed by atoms with Crippen LogP contribution in [0.2, 0.25) is 25.7 Å². The van der Waals surface area contributed by atoms with Gasteiger partial charge in [-0.2, -0.15) is 8.42 Å². The molecule has 0 unspecified atom stereocenters. The summed E-state index contributed by atoms with van der Waals surface area (Å²) in [6.45, 7) is 11.5. The predicted molar refractivity (Wildman–Crippen MR) is 71.3 cm³/mol. The Balaban J connectivity index is 4.33. The second kappa shape index (κ2) is 5.39. The number of carbonyl (C=O) groups excluding carboxylic acids is 1. The minimum absolute atomic E-state index is 0.0969. The smallest absolute Gasteiger partial charge is 0.328 e. The Morgan fingerprint density at radius 3 is 2.06 bits per heavy atom. The van der Waals surface area contributed by atoms with E-state index in [4.69, 9.17) is 0 Å². The molecule has 0 spiro atoms. The highest BCUT2D eigenvalue weighted by molar-refractivity contribution is 7.87. The predicted octanol–water partition coefficient (Wildman–Crippen LogP) is 2.18. The molecular formula is C10H23NO4SSi. The Kier molecular flexibility index (Phi) is 5.21. The molecule has 0 saturated carbocycles. The molecule has 1 amide bonds. The van der Waals surface area contributed by atoms with Crippen LogP contribution in [0.3, 0.4) is 0 Å². The summed E-state index contributed by atoms with van der Waals surface area (Å²) >= 11 is 0. The second-order valence-electron chi connectivity index (χ2n) is 6.32. The van der Waals surface area contributed by atoms with Gasteiger partial charge in [0.1, 0.15) is 0 Å². The van der Waals surface area contributed by atoms with Crippen molar-refractivity contribution >= 4 is 24.3 Å². The fraction of sp³-hybridized carbons (Fsp3) is 0.900. The van der Waals surface area contributed by atoms with E-state index < -0.39 is 29.8 Å². The maximum Gasteiger partial charge on any atom is 0.423 e. The lowest BCUT2D eigenvalue weighted by atomic mass is 10.1. The van der Waals surface area contributed by atoms with Gasteiger partial charge >= 0.3 is 16.2 Å². The van der Waals surface area contributed by atoms with Crippen molar-refractivity contribution in [2.45, 2.75) is 52.0 Å². The minimum atomic E-state index is -3.76. The summed E-state index contributed by atoms with van der Waals surface area (Å²) < 4.78 is 27.5. The van der Waals surface area contributed by atoms with Crippen molar-refractivity contribution in [1.29, 1.82) is 0 Å². The first-order valence-electron chi connectivity index (χ1n) is 5.55. The van der Waals surface area contributed by atoms with Crippen LogP contribution in [-0.2, 0) is 14.3 Å². The Labute approximate surface area is 105 Å². The van der Waals surface area contributed by atoms with Crippen LogP contribution in [0.15, 0.2) is 0 Å². The third-order valence-corrected chi connectivity index (χ3v) is 5.00. The third kappa shape index (κ3) is 10.3. The maximum atomic E-state index is 11.5. The van der Waals surface area contributed by atoms with Gasteiger partial charge in [-0.25, -0.2) is 4.79 Å². The van der Waals surface area contributed by atoms with E-state index >= 15 is 0 Å². The van der Waals surface area contributed by atoms with Gasteiger partial charge in [-0.05, 0) is 26.8 Å². The zero-order valence-corrected chi connectivity index (χ0v) is 13.3. The zero-order valence-electron chi connectivity index (χ0n) is 11.5. The number of rotatable bonds is 4. The summed E-state index contributed by atoms with van der Waals surface area (Å²) in [5.74, 6) is -0.0969. The van der Waals surface area contributed by atoms with Gasteiger partial charge in [0, 0.05) is 13.6 Å². The average molecular weight is 281 g/mol. The lowest BCUT2D eigenvalue weighted by Gasteiger charge is -2.20. The average Bonchev–Trinajstić information content (AvgIpc) is 1.94. The number of amides is 1. The van der Waals surface area contributed by atoms with Crippen LogP contribution in [0, 0.1) is 0 Å². The van der Waals surface area contributed by atoms with Gasteiger partial charge in [0.05, 0.1) is 5.75 Å². The molecule has 0 heterocycles. The van der Waals surface area contributed by atoms with E-state index in [0.29, 0.717) is 6.04 Å². The molecule has 0 aromatic heterocycles. The lowest BCUT2D eigenvalue weighted by molar-refractivity contribution is 0.193. The Morgan fingerprint density at radius 2 is 1.71 bits per heavy atom. The first kappa shape index (κ1) is 16.4. The van der Waals surface area contributed by atoms with Crippen molar-refractivity contribution in [3.05, 3.63) is 0 Å². The number of carbonyl (C=O) groups is 1.